The van der Waals surface area contributed by atoms with Crippen molar-refractivity contribution in [1.82, 2.24) is 9.88 Å². The van der Waals surface area contributed by atoms with E-state index in [4.69, 9.17) is 27.6 Å². The molecule has 0 amide bonds. The SMILES string of the molecule is Clc1cc(N2CCN(CCc3coc4cc(Cl)ccc34)CC2)c2ncccc2c1. The van der Waals surface area contributed by atoms with Crippen molar-refractivity contribution in [3.63, 3.8) is 0 Å². The highest BCUT2D eigenvalue weighted by Crippen LogP contribution is 2.30. The number of fused-ring (bicyclic) bond motifs is 2. The fourth-order valence-corrected chi connectivity index (χ4v) is 4.50. The van der Waals surface area contributed by atoms with Gasteiger partial charge in [0.25, 0.3) is 0 Å². The van der Waals surface area contributed by atoms with Gasteiger partial charge in [0.1, 0.15) is 5.58 Å². The van der Waals surface area contributed by atoms with E-state index >= 15 is 0 Å². The minimum Gasteiger partial charge on any atom is -0.464 e. The van der Waals surface area contributed by atoms with Gasteiger partial charge in [0, 0.05) is 59.7 Å². The number of halogens is 2. The molecule has 0 radical (unpaired) electrons. The molecule has 4 nitrogen and oxygen atoms in total. The van der Waals surface area contributed by atoms with Gasteiger partial charge in [-0.1, -0.05) is 29.3 Å². The largest absolute Gasteiger partial charge is 0.464 e. The average molecular weight is 426 g/mol. The van der Waals surface area contributed by atoms with Gasteiger partial charge in [0.05, 0.1) is 17.5 Å². The summed E-state index contributed by atoms with van der Waals surface area (Å²) in [7, 11) is 0. The molecule has 0 saturated carbocycles. The van der Waals surface area contributed by atoms with Crippen molar-refractivity contribution in [1.29, 1.82) is 0 Å². The number of anilines is 1. The van der Waals surface area contributed by atoms with Gasteiger partial charge in [-0.15, -0.1) is 0 Å². The Bertz CT molecular complexity index is 1170. The van der Waals surface area contributed by atoms with Crippen LogP contribution in [0.25, 0.3) is 21.9 Å². The van der Waals surface area contributed by atoms with Crippen LogP contribution in [0, 0.1) is 0 Å². The highest BCUT2D eigenvalue weighted by molar-refractivity contribution is 6.32. The topological polar surface area (TPSA) is 32.5 Å². The molecule has 5 rings (SSSR count). The Kier molecular flexibility index (Phi) is 5.08. The van der Waals surface area contributed by atoms with E-state index in [1.54, 1.807) is 0 Å². The number of pyridine rings is 1. The zero-order valence-electron chi connectivity index (χ0n) is 15.9. The lowest BCUT2D eigenvalue weighted by atomic mass is 10.1. The second-order valence-corrected chi connectivity index (χ2v) is 8.35. The standard InChI is InChI=1S/C23H21Cl2N3O/c24-18-3-4-20-17(15-29-22(20)14-18)5-7-27-8-10-28(11-9-27)21-13-19(25)12-16-2-1-6-26-23(16)21/h1-4,6,12-15H,5,7-11H2. The molecule has 0 atom stereocenters. The maximum Gasteiger partial charge on any atom is 0.135 e. The zero-order chi connectivity index (χ0) is 19.8. The first-order valence-electron chi connectivity index (χ1n) is 9.84. The second kappa shape index (κ2) is 7.86. The molecule has 1 saturated heterocycles. The number of hydrogen-bond donors (Lipinski definition) is 0. The summed E-state index contributed by atoms with van der Waals surface area (Å²) in [6.45, 7) is 4.98. The van der Waals surface area contributed by atoms with Crippen LogP contribution in [0.5, 0.6) is 0 Å². The Morgan fingerprint density at radius 2 is 1.83 bits per heavy atom. The number of hydrogen-bond acceptors (Lipinski definition) is 4. The van der Waals surface area contributed by atoms with Crippen LogP contribution in [0.3, 0.4) is 0 Å². The zero-order valence-corrected chi connectivity index (χ0v) is 17.5. The molecule has 0 spiro atoms. The maximum absolute atomic E-state index is 6.35. The van der Waals surface area contributed by atoms with Crippen LogP contribution in [0.15, 0.2) is 59.3 Å². The van der Waals surface area contributed by atoms with Gasteiger partial charge >= 0.3 is 0 Å². The van der Waals surface area contributed by atoms with E-state index in [0.29, 0.717) is 5.02 Å². The van der Waals surface area contributed by atoms with E-state index in [2.05, 4.69) is 20.9 Å². The fraction of sp³-hybridized carbons (Fsp3) is 0.261. The molecule has 4 aromatic rings. The van der Waals surface area contributed by atoms with E-state index in [9.17, 15) is 0 Å². The van der Waals surface area contributed by atoms with Crippen molar-refractivity contribution < 1.29 is 4.42 Å². The number of piperazine rings is 1. The van der Waals surface area contributed by atoms with Gasteiger partial charge in [-0.3, -0.25) is 9.88 Å². The molecule has 3 heterocycles. The Morgan fingerprint density at radius 3 is 2.69 bits per heavy atom. The Balaban J connectivity index is 1.25. The summed E-state index contributed by atoms with van der Waals surface area (Å²) < 4.78 is 5.67. The van der Waals surface area contributed by atoms with Gasteiger partial charge < -0.3 is 9.32 Å². The Labute approximate surface area is 179 Å². The predicted octanol–water partition coefficient (Wildman–Crippen LogP) is 5.65. The predicted molar refractivity (Wildman–Crippen MR) is 120 cm³/mol. The normalized spacial score (nSPS) is 15.4. The van der Waals surface area contributed by atoms with Gasteiger partial charge in [-0.25, -0.2) is 0 Å². The smallest absolute Gasteiger partial charge is 0.135 e. The second-order valence-electron chi connectivity index (χ2n) is 7.48. The molecule has 1 aliphatic heterocycles. The van der Waals surface area contributed by atoms with E-state index in [1.165, 1.54) is 5.56 Å². The third kappa shape index (κ3) is 3.80. The fourth-order valence-electron chi connectivity index (χ4n) is 4.12. The quantitative estimate of drug-likeness (QED) is 0.422. The van der Waals surface area contributed by atoms with E-state index in [0.717, 1.165) is 71.7 Å². The van der Waals surface area contributed by atoms with Crippen molar-refractivity contribution >= 4 is 50.8 Å². The number of furan rings is 1. The van der Waals surface area contributed by atoms with Crippen LogP contribution in [-0.4, -0.2) is 42.6 Å². The molecular formula is C23H21Cl2N3O. The summed E-state index contributed by atoms with van der Waals surface area (Å²) in [6, 6.07) is 13.9. The van der Waals surface area contributed by atoms with Crippen LogP contribution < -0.4 is 4.90 Å². The van der Waals surface area contributed by atoms with Crippen LogP contribution in [0.4, 0.5) is 5.69 Å². The first-order valence-corrected chi connectivity index (χ1v) is 10.6. The third-order valence-corrected chi connectivity index (χ3v) is 6.13. The Hall–Kier alpha value is -2.27. The van der Waals surface area contributed by atoms with Crippen LogP contribution in [0.1, 0.15) is 5.56 Å². The van der Waals surface area contributed by atoms with E-state index in [-0.39, 0.29) is 0 Å². The maximum atomic E-state index is 6.35. The first kappa shape index (κ1) is 18.7. The number of nitrogens with zero attached hydrogens (tertiary/aromatic N) is 3. The molecule has 0 N–H and O–H groups in total. The van der Waals surface area contributed by atoms with Crippen molar-refractivity contribution in [3.8, 4) is 0 Å². The monoisotopic (exact) mass is 425 g/mol. The van der Waals surface area contributed by atoms with Gasteiger partial charge in [0.15, 0.2) is 0 Å². The highest BCUT2D eigenvalue weighted by atomic mass is 35.5. The molecule has 0 aliphatic carbocycles. The van der Waals surface area contributed by atoms with Gasteiger partial charge in [0.2, 0.25) is 0 Å². The molecule has 148 valence electrons. The molecule has 0 bridgehead atoms. The van der Waals surface area contributed by atoms with E-state index in [1.807, 2.05) is 48.9 Å². The summed E-state index contributed by atoms with van der Waals surface area (Å²) in [4.78, 5) is 9.49. The molecule has 1 fully saturated rings. The van der Waals surface area contributed by atoms with Gasteiger partial charge in [-0.05, 0) is 48.4 Å². The highest BCUT2D eigenvalue weighted by Gasteiger charge is 2.20. The van der Waals surface area contributed by atoms with Crippen molar-refractivity contribution in [2.45, 2.75) is 6.42 Å². The Morgan fingerprint density at radius 1 is 0.966 bits per heavy atom. The molecule has 1 aliphatic rings. The van der Waals surface area contributed by atoms with Crippen molar-refractivity contribution in [2.24, 2.45) is 0 Å². The van der Waals surface area contributed by atoms with Crippen LogP contribution in [-0.2, 0) is 6.42 Å². The molecular weight excluding hydrogens is 405 g/mol. The molecule has 29 heavy (non-hydrogen) atoms. The lowest BCUT2D eigenvalue weighted by Gasteiger charge is -2.36. The number of aromatic nitrogens is 1. The van der Waals surface area contributed by atoms with Crippen molar-refractivity contribution in [3.05, 3.63) is 70.5 Å². The molecule has 2 aromatic heterocycles. The molecule has 0 unspecified atom stereocenters. The summed E-state index contributed by atoms with van der Waals surface area (Å²) >= 11 is 12.4. The summed E-state index contributed by atoms with van der Waals surface area (Å²) in [5.41, 5.74) is 4.25. The van der Waals surface area contributed by atoms with Gasteiger partial charge in [-0.2, -0.15) is 0 Å². The van der Waals surface area contributed by atoms with E-state index < -0.39 is 0 Å². The lowest BCUT2D eigenvalue weighted by molar-refractivity contribution is 0.261. The molecule has 2 aromatic carbocycles. The minimum absolute atomic E-state index is 0.706. The average Bonchev–Trinajstić information content (AvgIpc) is 3.14. The lowest BCUT2D eigenvalue weighted by Crippen LogP contribution is -2.47. The first-order chi connectivity index (χ1) is 14.2. The van der Waals surface area contributed by atoms with Crippen LogP contribution in [0.2, 0.25) is 10.0 Å². The third-order valence-electron chi connectivity index (χ3n) is 5.68. The number of benzene rings is 2. The van der Waals surface area contributed by atoms with Crippen molar-refractivity contribution in [2.75, 3.05) is 37.6 Å². The minimum atomic E-state index is 0.706. The number of rotatable bonds is 4. The molecule has 6 heteroatoms. The van der Waals surface area contributed by atoms with Crippen LogP contribution >= 0.6 is 23.2 Å². The summed E-state index contributed by atoms with van der Waals surface area (Å²) in [5, 5.41) is 3.71. The summed E-state index contributed by atoms with van der Waals surface area (Å²) in [5.74, 6) is 0. The summed E-state index contributed by atoms with van der Waals surface area (Å²) in [6.07, 6.45) is 4.68.